The molecule has 0 N–H and O–H groups in total. The molecular formula is C36H20N4O4. The van der Waals surface area contributed by atoms with Crippen LogP contribution in [-0.2, 0) is 6.42 Å². The van der Waals surface area contributed by atoms with Gasteiger partial charge in [-0.2, -0.15) is 0 Å². The lowest BCUT2D eigenvalue weighted by atomic mass is 9.86. The van der Waals surface area contributed by atoms with Crippen molar-refractivity contribution in [3.63, 3.8) is 0 Å². The van der Waals surface area contributed by atoms with Crippen molar-refractivity contribution < 1.29 is 19.2 Å². The molecule has 0 spiro atoms. The number of anilines is 1. The van der Waals surface area contributed by atoms with Crippen molar-refractivity contribution in [1.29, 1.82) is 0 Å². The summed E-state index contributed by atoms with van der Waals surface area (Å²) < 4.78 is 0. The van der Waals surface area contributed by atoms with Crippen LogP contribution in [0.5, 0.6) is 0 Å². The number of imide groups is 2. The van der Waals surface area contributed by atoms with Crippen LogP contribution in [0.2, 0.25) is 0 Å². The van der Waals surface area contributed by atoms with Gasteiger partial charge in [0.2, 0.25) is 0 Å². The first-order valence-corrected chi connectivity index (χ1v) is 14.3. The van der Waals surface area contributed by atoms with E-state index in [2.05, 4.69) is 0 Å². The lowest BCUT2D eigenvalue weighted by molar-refractivity contribution is 0.0611. The van der Waals surface area contributed by atoms with E-state index in [4.69, 9.17) is 9.97 Å². The number of aromatic nitrogens is 2. The van der Waals surface area contributed by atoms with Crippen LogP contribution in [-0.4, -0.2) is 45.0 Å². The van der Waals surface area contributed by atoms with Gasteiger partial charge in [-0.05, 0) is 47.0 Å². The van der Waals surface area contributed by atoms with Gasteiger partial charge in [0.05, 0.1) is 27.8 Å². The summed E-state index contributed by atoms with van der Waals surface area (Å²) in [5.74, 6) is -1.58. The first-order chi connectivity index (χ1) is 21.5. The Morgan fingerprint density at radius 2 is 1.00 bits per heavy atom. The molecule has 208 valence electrons. The molecule has 7 aromatic rings. The van der Waals surface area contributed by atoms with Crippen LogP contribution < -0.4 is 4.90 Å². The van der Waals surface area contributed by atoms with Crippen molar-refractivity contribution in [2.24, 2.45) is 0 Å². The summed E-state index contributed by atoms with van der Waals surface area (Å²) in [7, 11) is 0. The van der Waals surface area contributed by atoms with Gasteiger partial charge >= 0.3 is 0 Å². The molecule has 5 aromatic carbocycles. The summed E-state index contributed by atoms with van der Waals surface area (Å²) in [5, 5.41) is 3.97. The molecule has 0 aliphatic carbocycles. The molecule has 0 fully saturated rings. The van der Waals surface area contributed by atoms with E-state index in [0.29, 0.717) is 66.9 Å². The third kappa shape index (κ3) is 3.11. The number of para-hydroxylation sites is 1. The average Bonchev–Trinajstić information content (AvgIpc) is 3.06. The van der Waals surface area contributed by atoms with Crippen molar-refractivity contribution >= 4 is 72.7 Å². The quantitative estimate of drug-likeness (QED) is 0.142. The predicted molar refractivity (Wildman–Crippen MR) is 166 cm³/mol. The van der Waals surface area contributed by atoms with Crippen LogP contribution in [0.4, 0.5) is 5.69 Å². The first kappa shape index (κ1) is 24.6. The van der Waals surface area contributed by atoms with Crippen molar-refractivity contribution in [3.8, 4) is 0 Å². The Morgan fingerprint density at radius 3 is 1.61 bits per heavy atom. The Morgan fingerprint density at radius 1 is 0.500 bits per heavy atom. The molecule has 0 atom stereocenters. The molecule has 0 saturated carbocycles. The number of amides is 4. The minimum atomic E-state index is -0.444. The van der Waals surface area contributed by atoms with Gasteiger partial charge in [-0.15, -0.1) is 0 Å². The summed E-state index contributed by atoms with van der Waals surface area (Å²) in [6.45, 7) is 0.253. The summed E-state index contributed by atoms with van der Waals surface area (Å²) in [5.41, 5.74) is 4.09. The number of nitrogens with zero attached hydrogens (tertiary/aromatic N) is 4. The van der Waals surface area contributed by atoms with Gasteiger partial charge in [0.1, 0.15) is 0 Å². The zero-order valence-electron chi connectivity index (χ0n) is 23.1. The standard InChI is InChI=1S/C36H20N4O4/c41-33-23-13-11-21-22-12-14-24-28-26(36(44)40(35(24)43)20-9-5-2-6-10-20)18-38-32(30(22)28)31-29(21)27(23)25(17-37-31)34(42)39(33)16-15-19-7-3-1-4-8-19/h1-14,17-18H,15-16H2. The molecule has 2 aliphatic rings. The van der Waals surface area contributed by atoms with E-state index in [1.807, 2.05) is 48.5 Å². The zero-order valence-corrected chi connectivity index (χ0v) is 23.1. The highest BCUT2D eigenvalue weighted by atomic mass is 16.2. The summed E-state index contributed by atoms with van der Waals surface area (Å²) in [6.07, 6.45) is 3.56. The number of carbonyl (C=O) groups excluding carboxylic acids is 4. The smallest absolute Gasteiger partial charge is 0.267 e. The summed E-state index contributed by atoms with van der Waals surface area (Å²) in [6, 6.07) is 25.8. The number of hydrogen-bond donors (Lipinski definition) is 0. The lowest BCUT2D eigenvalue weighted by Gasteiger charge is -2.29. The second-order valence-electron chi connectivity index (χ2n) is 11.1. The van der Waals surface area contributed by atoms with Crippen molar-refractivity contribution in [2.45, 2.75) is 6.42 Å². The second-order valence-corrected chi connectivity index (χ2v) is 11.1. The van der Waals surface area contributed by atoms with Gasteiger partial charge in [0.15, 0.2) is 0 Å². The Balaban J connectivity index is 1.25. The molecule has 9 rings (SSSR count). The van der Waals surface area contributed by atoms with Crippen LogP contribution in [0.1, 0.15) is 47.0 Å². The molecule has 8 nitrogen and oxygen atoms in total. The number of carbonyl (C=O) groups is 4. The third-order valence-electron chi connectivity index (χ3n) is 8.88. The number of fused-ring (bicyclic) bond motifs is 2. The van der Waals surface area contributed by atoms with Crippen molar-refractivity contribution in [1.82, 2.24) is 14.9 Å². The zero-order chi connectivity index (χ0) is 29.7. The van der Waals surface area contributed by atoms with E-state index >= 15 is 0 Å². The second kappa shape index (κ2) is 8.75. The minimum Gasteiger partial charge on any atom is -0.274 e. The van der Waals surface area contributed by atoms with E-state index in [1.54, 1.807) is 36.4 Å². The lowest BCUT2D eigenvalue weighted by Crippen LogP contribution is -2.41. The maximum absolute atomic E-state index is 13.8. The number of pyridine rings is 2. The molecule has 0 bridgehead atoms. The molecule has 0 saturated heterocycles. The SMILES string of the molecule is O=C1c2ccc3c4ccc5c6c(cnc(c7ncc(c2c37)C(=O)N1CCc1ccccc1)c64)C(=O)N(c1ccccc1)C5=O. The van der Waals surface area contributed by atoms with Gasteiger partial charge in [0, 0.05) is 51.6 Å². The molecule has 8 heteroatoms. The van der Waals surface area contributed by atoms with Gasteiger partial charge < -0.3 is 0 Å². The highest BCUT2D eigenvalue weighted by molar-refractivity contribution is 6.42. The fourth-order valence-electron chi connectivity index (χ4n) is 6.88. The van der Waals surface area contributed by atoms with Crippen LogP contribution >= 0.6 is 0 Å². The number of benzene rings is 5. The van der Waals surface area contributed by atoms with Crippen LogP contribution in [0.15, 0.2) is 97.3 Å². The van der Waals surface area contributed by atoms with Crippen LogP contribution in [0.3, 0.4) is 0 Å². The van der Waals surface area contributed by atoms with E-state index in [-0.39, 0.29) is 18.4 Å². The normalized spacial score (nSPS) is 14.6. The van der Waals surface area contributed by atoms with Gasteiger partial charge in [-0.3, -0.25) is 34.0 Å². The van der Waals surface area contributed by atoms with Crippen molar-refractivity contribution in [3.05, 3.63) is 125 Å². The molecule has 2 aromatic heterocycles. The largest absolute Gasteiger partial charge is 0.274 e. The molecule has 44 heavy (non-hydrogen) atoms. The Bertz CT molecular complexity index is 2300. The highest BCUT2D eigenvalue weighted by Crippen LogP contribution is 2.45. The molecule has 2 aliphatic heterocycles. The Hall–Kier alpha value is -6.02. The van der Waals surface area contributed by atoms with Crippen LogP contribution in [0, 0.1) is 0 Å². The topological polar surface area (TPSA) is 101 Å². The first-order valence-electron chi connectivity index (χ1n) is 14.3. The predicted octanol–water partition coefficient (Wildman–Crippen LogP) is 6.17. The molecule has 4 amide bonds. The molecule has 0 radical (unpaired) electrons. The summed E-state index contributed by atoms with van der Waals surface area (Å²) >= 11 is 0. The molecular weight excluding hydrogens is 552 g/mol. The summed E-state index contributed by atoms with van der Waals surface area (Å²) in [4.78, 5) is 66.9. The third-order valence-corrected chi connectivity index (χ3v) is 8.88. The van der Waals surface area contributed by atoms with Crippen LogP contribution in [0.25, 0.3) is 43.4 Å². The monoisotopic (exact) mass is 572 g/mol. The average molecular weight is 573 g/mol. The van der Waals surface area contributed by atoms with Crippen molar-refractivity contribution in [2.75, 3.05) is 11.4 Å². The van der Waals surface area contributed by atoms with E-state index in [9.17, 15) is 19.2 Å². The Labute approximate surface area is 249 Å². The molecule has 4 heterocycles. The maximum atomic E-state index is 13.8. The number of hydrogen-bond acceptors (Lipinski definition) is 6. The number of rotatable bonds is 4. The van der Waals surface area contributed by atoms with Gasteiger partial charge in [-0.25, -0.2) is 4.90 Å². The minimum absolute atomic E-state index is 0.253. The van der Waals surface area contributed by atoms with Gasteiger partial charge in [-0.1, -0.05) is 60.7 Å². The Kier molecular flexibility index (Phi) is 4.88. The molecule has 0 unspecified atom stereocenters. The fourth-order valence-corrected chi connectivity index (χ4v) is 6.88. The fraction of sp³-hybridized carbons (Fsp3) is 0.0556. The van der Waals surface area contributed by atoms with E-state index < -0.39 is 11.8 Å². The van der Waals surface area contributed by atoms with E-state index in [1.165, 1.54) is 22.2 Å². The van der Waals surface area contributed by atoms with E-state index in [0.717, 1.165) is 16.3 Å². The maximum Gasteiger partial charge on any atom is 0.267 e. The van der Waals surface area contributed by atoms with Gasteiger partial charge in [0.25, 0.3) is 23.6 Å². The highest BCUT2D eigenvalue weighted by Gasteiger charge is 2.38.